The van der Waals surface area contributed by atoms with Crippen molar-refractivity contribution < 1.29 is 18.8 Å². The second-order valence-corrected chi connectivity index (χ2v) is 6.02. The largest absolute Gasteiger partial charge is 0.496 e. The van der Waals surface area contributed by atoms with E-state index in [1.165, 1.54) is 5.56 Å². The normalized spacial score (nSPS) is 10.8. The number of hydrogen-bond acceptors (Lipinski definition) is 3. The zero-order chi connectivity index (χ0) is 19.1. The average molecular weight is 362 g/mol. The van der Waals surface area contributed by atoms with Gasteiger partial charge in [0.25, 0.3) is 0 Å². The SMILES string of the molecule is COc1cc(OC)c(/C=C/c2cccc[n+]2Cc2ccccc2)c(OC)c1. The van der Waals surface area contributed by atoms with Crippen LogP contribution in [-0.4, -0.2) is 21.3 Å². The molecule has 0 saturated carbocycles. The summed E-state index contributed by atoms with van der Waals surface area (Å²) in [7, 11) is 4.91. The first-order valence-corrected chi connectivity index (χ1v) is 8.75. The Morgan fingerprint density at radius 1 is 0.778 bits per heavy atom. The molecule has 0 radical (unpaired) electrons. The quantitative estimate of drug-likeness (QED) is 0.590. The fourth-order valence-electron chi connectivity index (χ4n) is 2.93. The molecule has 0 atom stereocenters. The maximum absolute atomic E-state index is 5.53. The zero-order valence-corrected chi connectivity index (χ0v) is 15.9. The zero-order valence-electron chi connectivity index (χ0n) is 15.9. The Morgan fingerprint density at radius 3 is 2.07 bits per heavy atom. The minimum atomic E-state index is 0.694. The summed E-state index contributed by atoms with van der Waals surface area (Å²) in [5.74, 6) is 2.10. The number of ether oxygens (including phenoxy) is 3. The number of methoxy groups -OCH3 is 3. The van der Waals surface area contributed by atoms with Crippen molar-refractivity contribution in [3.05, 3.63) is 83.7 Å². The molecule has 3 rings (SSSR count). The summed E-state index contributed by atoms with van der Waals surface area (Å²) in [6, 6.07) is 20.3. The molecular weight excluding hydrogens is 338 g/mol. The van der Waals surface area contributed by atoms with Gasteiger partial charge in [0, 0.05) is 35.9 Å². The lowest BCUT2D eigenvalue weighted by molar-refractivity contribution is -0.690. The van der Waals surface area contributed by atoms with Crippen molar-refractivity contribution >= 4 is 12.2 Å². The van der Waals surface area contributed by atoms with Crippen LogP contribution in [0.15, 0.2) is 66.9 Å². The van der Waals surface area contributed by atoms with Crippen molar-refractivity contribution in [1.82, 2.24) is 0 Å². The molecule has 0 aliphatic rings. The van der Waals surface area contributed by atoms with Crippen LogP contribution < -0.4 is 18.8 Å². The number of benzene rings is 2. The maximum atomic E-state index is 5.53. The van der Waals surface area contributed by atoms with Gasteiger partial charge in [0.05, 0.1) is 26.9 Å². The molecule has 0 unspecified atom stereocenters. The van der Waals surface area contributed by atoms with Gasteiger partial charge in [-0.3, -0.25) is 0 Å². The molecule has 0 bridgehead atoms. The summed E-state index contributed by atoms with van der Waals surface area (Å²) >= 11 is 0. The van der Waals surface area contributed by atoms with Gasteiger partial charge in [0.2, 0.25) is 5.69 Å². The van der Waals surface area contributed by atoms with E-state index >= 15 is 0 Å². The van der Waals surface area contributed by atoms with Gasteiger partial charge in [-0.2, -0.15) is 4.57 Å². The van der Waals surface area contributed by atoms with E-state index in [0.717, 1.165) is 17.8 Å². The van der Waals surface area contributed by atoms with E-state index < -0.39 is 0 Å². The van der Waals surface area contributed by atoms with Gasteiger partial charge < -0.3 is 14.2 Å². The molecule has 4 heteroatoms. The lowest BCUT2D eigenvalue weighted by atomic mass is 10.1. The van der Waals surface area contributed by atoms with Crippen LogP contribution in [0.5, 0.6) is 17.2 Å². The fourth-order valence-corrected chi connectivity index (χ4v) is 2.93. The molecule has 1 heterocycles. The van der Waals surface area contributed by atoms with Crippen LogP contribution in [0.1, 0.15) is 16.8 Å². The van der Waals surface area contributed by atoms with Gasteiger partial charge in [-0.25, -0.2) is 0 Å². The highest BCUT2D eigenvalue weighted by atomic mass is 16.5. The number of rotatable bonds is 7. The van der Waals surface area contributed by atoms with Crippen LogP contribution in [-0.2, 0) is 6.54 Å². The molecule has 0 saturated heterocycles. The first-order valence-electron chi connectivity index (χ1n) is 8.75. The van der Waals surface area contributed by atoms with Gasteiger partial charge >= 0.3 is 0 Å². The number of aromatic nitrogens is 1. The summed E-state index contributed by atoms with van der Waals surface area (Å²) in [6.45, 7) is 0.804. The van der Waals surface area contributed by atoms with Crippen LogP contribution >= 0.6 is 0 Å². The Hall–Kier alpha value is -3.27. The van der Waals surface area contributed by atoms with Crippen molar-refractivity contribution in [3.8, 4) is 17.2 Å². The number of hydrogen-bond donors (Lipinski definition) is 0. The van der Waals surface area contributed by atoms with Crippen LogP contribution in [0.25, 0.3) is 12.2 Å². The van der Waals surface area contributed by atoms with Crippen molar-refractivity contribution in [2.45, 2.75) is 6.54 Å². The lowest BCUT2D eigenvalue weighted by Gasteiger charge is -2.12. The standard InChI is InChI=1S/C23H24NO3/c1-25-20-15-22(26-2)21(23(16-20)27-3)13-12-19-11-7-8-14-24(19)17-18-9-5-4-6-10-18/h4-16H,17H2,1-3H3/q+1/b13-12+. The number of pyridine rings is 1. The Bertz CT molecular complexity index is 895. The molecule has 4 nitrogen and oxygen atoms in total. The van der Waals surface area contributed by atoms with E-state index in [4.69, 9.17) is 14.2 Å². The van der Waals surface area contributed by atoms with Crippen molar-refractivity contribution in [2.24, 2.45) is 0 Å². The Labute approximate surface area is 160 Å². The van der Waals surface area contributed by atoms with Crippen molar-refractivity contribution in [3.63, 3.8) is 0 Å². The summed E-state index contributed by atoms with van der Waals surface area (Å²) in [4.78, 5) is 0. The maximum Gasteiger partial charge on any atom is 0.205 e. The molecule has 0 aliphatic heterocycles. The molecular formula is C23H24NO3+. The van der Waals surface area contributed by atoms with Gasteiger partial charge in [-0.1, -0.05) is 30.3 Å². The highest BCUT2D eigenvalue weighted by Gasteiger charge is 2.12. The monoisotopic (exact) mass is 362 g/mol. The van der Waals surface area contributed by atoms with Gasteiger partial charge in [-0.15, -0.1) is 0 Å². The first kappa shape index (κ1) is 18.5. The molecule has 0 fully saturated rings. The summed E-state index contributed by atoms with van der Waals surface area (Å²) in [5.41, 5.74) is 3.21. The van der Waals surface area contributed by atoms with Gasteiger partial charge in [0.15, 0.2) is 12.7 Å². The topological polar surface area (TPSA) is 31.6 Å². The van der Waals surface area contributed by atoms with Crippen LogP contribution in [0.4, 0.5) is 0 Å². The highest BCUT2D eigenvalue weighted by molar-refractivity contribution is 5.75. The summed E-state index contributed by atoms with van der Waals surface area (Å²) < 4.78 is 18.6. The molecule has 1 aromatic heterocycles. The van der Waals surface area contributed by atoms with Crippen molar-refractivity contribution in [2.75, 3.05) is 21.3 Å². The predicted octanol–water partition coefficient (Wildman–Crippen LogP) is 4.22. The van der Waals surface area contributed by atoms with Gasteiger partial charge in [0.1, 0.15) is 17.2 Å². The third-order valence-corrected chi connectivity index (χ3v) is 4.35. The van der Waals surface area contributed by atoms with E-state index in [1.54, 1.807) is 21.3 Å². The van der Waals surface area contributed by atoms with Crippen molar-refractivity contribution in [1.29, 1.82) is 0 Å². The third kappa shape index (κ3) is 4.47. The van der Waals surface area contributed by atoms with E-state index in [1.807, 2.05) is 36.4 Å². The third-order valence-electron chi connectivity index (χ3n) is 4.35. The number of nitrogens with zero attached hydrogens (tertiary/aromatic N) is 1. The van der Waals surface area contributed by atoms with E-state index in [-0.39, 0.29) is 0 Å². The van der Waals surface area contributed by atoms with Crippen LogP contribution in [0.3, 0.4) is 0 Å². The minimum Gasteiger partial charge on any atom is -0.496 e. The fraction of sp³-hybridized carbons (Fsp3) is 0.174. The Kier molecular flexibility index (Phi) is 6.10. The molecule has 0 N–H and O–H groups in total. The predicted molar refractivity (Wildman–Crippen MR) is 107 cm³/mol. The average Bonchev–Trinajstić information content (AvgIpc) is 2.73. The molecule has 138 valence electrons. The molecule has 0 aliphatic carbocycles. The second kappa shape index (κ2) is 8.90. The first-order chi connectivity index (χ1) is 13.2. The molecule has 2 aromatic carbocycles. The molecule has 0 amide bonds. The second-order valence-electron chi connectivity index (χ2n) is 6.02. The summed E-state index contributed by atoms with van der Waals surface area (Å²) in [5, 5.41) is 0. The Balaban J connectivity index is 1.95. The molecule has 27 heavy (non-hydrogen) atoms. The van der Waals surface area contributed by atoms with E-state index in [0.29, 0.717) is 17.2 Å². The van der Waals surface area contributed by atoms with Crippen LogP contribution in [0, 0.1) is 0 Å². The summed E-state index contributed by atoms with van der Waals surface area (Å²) in [6.07, 6.45) is 6.15. The molecule has 0 spiro atoms. The van der Waals surface area contributed by atoms with Crippen LogP contribution in [0.2, 0.25) is 0 Å². The Morgan fingerprint density at radius 2 is 1.44 bits per heavy atom. The minimum absolute atomic E-state index is 0.694. The lowest BCUT2D eigenvalue weighted by Crippen LogP contribution is -2.36. The van der Waals surface area contributed by atoms with E-state index in [9.17, 15) is 0 Å². The molecule has 3 aromatic rings. The smallest absolute Gasteiger partial charge is 0.205 e. The van der Waals surface area contributed by atoms with Gasteiger partial charge in [-0.05, 0) is 12.1 Å². The highest BCUT2D eigenvalue weighted by Crippen LogP contribution is 2.35. The van der Waals surface area contributed by atoms with E-state index in [2.05, 4.69) is 47.2 Å².